The predicted molar refractivity (Wildman–Crippen MR) is 119 cm³/mol. The summed E-state index contributed by atoms with van der Waals surface area (Å²) in [4.78, 5) is -4.57. The Morgan fingerprint density at radius 3 is 0.917 bits per heavy atom. The fourth-order valence-corrected chi connectivity index (χ4v) is 10.2. The summed E-state index contributed by atoms with van der Waals surface area (Å²) in [5.74, 6) is 0. The first kappa shape index (κ1) is 46.5. The van der Waals surface area contributed by atoms with Gasteiger partial charge in [-0.25, -0.2) is 33.7 Å². The first-order chi connectivity index (χ1) is 14.1. The summed E-state index contributed by atoms with van der Waals surface area (Å²) >= 11 is 2.31. The van der Waals surface area contributed by atoms with Gasteiger partial charge in [0, 0.05) is 7.14 Å². The predicted octanol–water partition coefficient (Wildman–Crippen LogP) is -11.2. The van der Waals surface area contributed by atoms with Crippen LogP contribution in [0.15, 0.2) is 31.7 Å². The van der Waals surface area contributed by atoms with Crippen molar-refractivity contribution >= 4 is 85.7 Å². The summed E-state index contributed by atoms with van der Waals surface area (Å²) < 4.78 is 139. The Labute approximate surface area is 406 Å². The van der Waals surface area contributed by atoms with Gasteiger partial charge >= 0.3 is 206 Å². The molecule has 0 heterocycles. The van der Waals surface area contributed by atoms with E-state index in [0.717, 1.165) is 59.0 Å². The maximum absolute atomic E-state index is 11.8. The molecule has 0 aromatic heterocycles. The van der Waals surface area contributed by atoms with Gasteiger partial charge < -0.3 is 18.2 Å². The van der Waals surface area contributed by atoms with Crippen LogP contribution in [0.4, 0.5) is 0 Å². The molecule has 2 aromatic rings. The molecule has 0 unspecified atom stereocenters. The van der Waals surface area contributed by atoms with Crippen molar-refractivity contribution < 1.29 is 257 Å². The van der Waals surface area contributed by atoms with Crippen LogP contribution in [-0.4, -0.2) is 51.9 Å². The summed E-state index contributed by atoms with van der Waals surface area (Å²) in [6, 6.07) is 1.21. The summed E-state index contributed by atoms with van der Waals surface area (Å²) in [7, 11) is -21.6. The molecule has 0 atom stereocenters. The summed E-state index contributed by atoms with van der Waals surface area (Å²) in [6.45, 7) is 2.02. The number of hydrogen-bond acceptors (Lipinski definition) is 12. The van der Waals surface area contributed by atoms with Gasteiger partial charge in [0.15, 0.2) is 0 Å². The van der Waals surface area contributed by atoms with Crippen LogP contribution < -0.4 is 206 Å². The van der Waals surface area contributed by atoms with Crippen molar-refractivity contribution in [2.45, 2.75) is 33.4 Å². The van der Waals surface area contributed by atoms with Crippen LogP contribution in [0.1, 0.15) is 11.1 Å². The molecule has 0 fully saturated rings. The molecule has 0 saturated carbocycles. The Bertz CT molecular complexity index is 1490. The largest absolute Gasteiger partial charge is 1.00 e. The molecule has 0 spiro atoms. The Kier molecular flexibility index (Phi) is 22.1. The maximum Gasteiger partial charge on any atom is 1.00 e. The van der Waals surface area contributed by atoms with E-state index in [2.05, 4.69) is 0 Å². The van der Waals surface area contributed by atoms with Gasteiger partial charge in [-0.15, -0.1) is 0 Å². The van der Waals surface area contributed by atoms with Gasteiger partial charge in [-0.3, -0.25) is 0 Å². The normalized spacial score (nSPS) is 11.9. The average molecular weight is 907 g/mol. The third-order valence-electron chi connectivity index (χ3n) is 4.20. The first-order valence-electron chi connectivity index (χ1n) is 7.60. The fraction of sp³-hybridized carbons (Fsp3) is 0.143. The van der Waals surface area contributed by atoms with Crippen LogP contribution in [-0.2, 0) is 40.5 Å². The molecule has 0 aliphatic rings. The molecule has 178 valence electrons. The third-order valence-corrected chi connectivity index (χ3v) is 11.6. The van der Waals surface area contributed by atoms with Crippen LogP contribution in [0.2, 0.25) is 0 Å². The van der Waals surface area contributed by atoms with Crippen molar-refractivity contribution in [1.82, 2.24) is 0 Å². The van der Waals surface area contributed by atoms with E-state index in [1.807, 2.05) is 0 Å². The average Bonchev–Trinajstić information content (AvgIpc) is 2.51. The second kappa shape index (κ2) is 17.1. The van der Waals surface area contributed by atoms with Crippen molar-refractivity contribution in [2.75, 3.05) is 0 Å². The van der Waals surface area contributed by atoms with Crippen LogP contribution in [0.5, 0.6) is 0 Å². The second-order valence-electron chi connectivity index (χ2n) is 6.20. The minimum absolute atomic E-state index is 0. The summed E-state index contributed by atoms with van der Waals surface area (Å²) in [6.07, 6.45) is 0. The molecule has 12 nitrogen and oxygen atoms in total. The standard InChI is InChI=1S/C14H12I2O12S4.4K/c1-5-7(3-9(29(17,18)19)11(15)13(5)31(23,24)25)8-4-10(30(20,21)22)12(16)14(6(8)2)32(26,27)28;;;;/h3-4H,1-2H3,(H,17,18,19)(H,20,21,22)(H,23,24,25)(H,26,27,28);;;;/q;4*+1/p-4. The quantitative estimate of drug-likeness (QED) is 0.155. The number of rotatable bonds is 5. The van der Waals surface area contributed by atoms with E-state index < -0.39 is 89.4 Å². The molecule has 0 radical (unpaired) electrons. The molecule has 0 aliphatic carbocycles. The van der Waals surface area contributed by atoms with E-state index in [0.29, 0.717) is 12.1 Å². The van der Waals surface area contributed by atoms with Crippen molar-refractivity contribution in [3.05, 3.63) is 30.4 Å². The molecule has 2 rings (SSSR count). The van der Waals surface area contributed by atoms with Crippen LogP contribution in [0, 0.1) is 21.0 Å². The Morgan fingerprint density at radius 2 is 0.750 bits per heavy atom. The van der Waals surface area contributed by atoms with E-state index in [1.54, 1.807) is 0 Å². The molecular formula is C14H8I2K4O12S4. The summed E-state index contributed by atoms with van der Waals surface area (Å²) in [5, 5.41) is 0. The van der Waals surface area contributed by atoms with Crippen molar-refractivity contribution in [3.8, 4) is 11.1 Å². The van der Waals surface area contributed by atoms with E-state index in [1.165, 1.54) is 0 Å². The van der Waals surface area contributed by atoms with Crippen molar-refractivity contribution in [2.24, 2.45) is 0 Å². The molecule has 0 saturated heterocycles. The van der Waals surface area contributed by atoms with Gasteiger partial charge in [-0.05, 0) is 93.4 Å². The monoisotopic (exact) mass is 906 g/mol. The third kappa shape index (κ3) is 11.2. The van der Waals surface area contributed by atoms with E-state index in [4.69, 9.17) is 0 Å². The minimum Gasteiger partial charge on any atom is -0.744 e. The van der Waals surface area contributed by atoms with Gasteiger partial charge in [0.05, 0.1) is 19.6 Å². The van der Waals surface area contributed by atoms with Crippen LogP contribution in [0.25, 0.3) is 11.1 Å². The Morgan fingerprint density at radius 1 is 0.528 bits per heavy atom. The Hall–Kier alpha value is 6.09. The summed E-state index contributed by atoms with van der Waals surface area (Å²) in [5.41, 5.74) is -2.05. The van der Waals surface area contributed by atoms with E-state index >= 15 is 0 Å². The van der Waals surface area contributed by atoms with Gasteiger partial charge in [0.25, 0.3) is 0 Å². The molecule has 22 heteroatoms. The molecule has 0 N–H and O–H groups in total. The number of halogens is 2. The zero-order chi connectivity index (χ0) is 25.2. The van der Waals surface area contributed by atoms with Gasteiger partial charge in [0.2, 0.25) is 0 Å². The molecular weight excluding hydrogens is 899 g/mol. The SMILES string of the molecule is Cc1c(-c2cc(S(=O)(=O)[O-])c(I)c(S(=O)(=O)[O-])c2C)cc(S(=O)(=O)[O-])c(I)c1S(=O)(=O)[O-].[K+].[K+].[K+].[K+]. The van der Waals surface area contributed by atoms with Gasteiger partial charge in [0.1, 0.15) is 40.5 Å². The zero-order valence-electron chi connectivity index (χ0n) is 19.4. The van der Waals surface area contributed by atoms with E-state index in [9.17, 15) is 51.9 Å². The fourth-order valence-electron chi connectivity index (χ4n) is 2.92. The van der Waals surface area contributed by atoms with E-state index in [-0.39, 0.29) is 206 Å². The van der Waals surface area contributed by atoms with Crippen LogP contribution in [0.3, 0.4) is 0 Å². The number of hydrogen-bond donors (Lipinski definition) is 0. The first-order valence-corrected chi connectivity index (χ1v) is 15.4. The molecule has 0 bridgehead atoms. The van der Waals surface area contributed by atoms with Crippen molar-refractivity contribution in [3.63, 3.8) is 0 Å². The Balaban J connectivity index is -0.00000272. The molecule has 0 amide bonds. The second-order valence-corrected chi connectivity index (χ2v) is 13.7. The smallest absolute Gasteiger partial charge is 0.744 e. The topological polar surface area (TPSA) is 229 Å². The molecule has 2 aromatic carbocycles. The van der Waals surface area contributed by atoms with Crippen molar-refractivity contribution in [1.29, 1.82) is 0 Å². The molecule has 36 heavy (non-hydrogen) atoms. The van der Waals surface area contributed by atoms with Crippen LogP contribution >= 0.6 is 45.2 Å². The molecule has 0 aliphatic heterocycles. The van der Waals surface area contributed by atoms with Gasteiger partial charge in [-0.1, -0.05) is 0 Å². The minimum atomic E-state index is -5.40. The maximum atomic E-state index is 11.8. The zero-order valence-corrected chi connectivity index (χ0v) is 39.5. The number of benzene rings is 2. The van der Waals surface area contributed by atoms with Gasteiger partial charge in [-0.2, -0.15) is 0 Å².